The minimum Gasteiger partial charge on any atom is -0.381 e. The number of rotatable bonds is 2. The highest BCUT2D eigenvalue weighted by molar-refractivity contribution is 5.42. The van der Waals surface area contributed by atoms with E-state index in [-0.39, 0.29) is 5.82 Å². The van der Waals surface area contributed by atoms with Crippen LogP contribution in [0.3, 0.4) is 0 Å². The Morgan fingerprint density at radius 2 is 1.67 bits per heavy atom. The van der Waals surface area contributed by atoms with E-state index in [0.29, 0.717) is 5.56 Å². The Kier molecular flexibility index (Phi) is 3.58. The third-order valence-electron chi connectivity index (χ3n) is 4.51. The van der Waals surface area contributed by atoms with Crippen molar-refractivity contribution in [2.45, 2.75) is 45.1 Å². The molecule has 0 spiro atoms. The Balaban J connectivity index is 2.04. The third kappa shape index (κ3) is 2.73. The summed E-state index contributed by atoms with van der Waals surface area (Å²) in [6.07, 6.45) is 4.64. The van der Waals surface area contributed by atoms with Gasteiger partial charge in [-0.2, -0.15) is 0 Å². The van der Waals surface area contributed by atoms with Crippen LogP contribution < -0.4 is 0 Å². The SMILES string of the molecule is Cc1cc(F)cc(C(C)(O)c2ccc3c(c2)CCCC3)c1. The van der Waals surface area contributed by atoms with Crippen LogP contribution in [0, 0.1) is 12.7 Å². The summed E-state index contributed by atoms with van der Waals surface area (Å²) in [5.74, 6) is -0.303. The van der Waals surface area contributed by atoms with Gasteiger partial charge in [-0.1, -0.05) is 24.3 Å². The van der Waals surface area contributed by atoms with E-state index in [1.807, 2.05) is 19.1 Å². The molecule has 0 radical (unpaired) electrons. The van der Waals surface area contributed by atoms with Crippen molar-refractivity contribution in [2.24, 2.45) is 0 Å². The fourth-order valence-corrected chi connectivity index (χ4v) is 3.22. The van der Waals surface area contributed by atoms with Crippen LogP contribution >= 0.6 is 0 Å². The summed E-state index contributed by atoms with van der Waals surface area (Å²) in [5, 5.41) is 10.9. The number of aryl methyl sites for hydroxylation is 3. The van der Waals surface area contributed by atoms with Gasteiger partial charge in [-0.25, -0.2) is 4.39 Å². The average molecular weight is 284 g/mol. The van der Waals surface area contributed by atoms with Gasteiger partial charge in [0.1, 0.15) is 11.4 Å². The Morgan fingerprint density at radius 1 is 0.952 bits per heavy atom. The van der Waals surface area contributed by atoms with E-state index in [9.17, 15) is 9.50 Å². The molecule has 2 heteroatoms. The normalized spacial score (nSPS) is 17.1. The van der Waals surface area contributed by atoms with Gasteiger partial charge in [-0.3, -0.25) is 0 Å². The Bertz CT molecular complexity index is 653. The van der Waals surface area contributed by atoms with Crippen molar-refractivity contribution >= 4 is 0 Å². The van der Waals surface area contributed by atoms with Crippen molar-refractivity contribution in [3.05, 3.63) is 70.0 Å². The van der Waals surface area contributed by atoms with E-state index in [1.165, 1.54) is 36.1 Å². The molecule has 1 atom stereocenters. The van der Waals surface area contributed by atoms with E-state index in [1.54, 1.807) is 6.92 Å². The molecule has 2 aromatic rings. The molecule has 3 rings (SSSR count). The van der Waals surface area contributed by atoms with Gasteiger partial charge in [-0.05, 0) is 79.5 Å². The van der Waals surface area contributed by atoms with E-state index in [2.05, 4.69) is 12.1 Å². The van der Waals surface area contributed by atoms with Crippen LogP contribution in [0.1, 0.15) is 47.6 Å². The summed E-state index contributed by atoms with van der Waals surface area (Å²) in [5.41, 5.74) is 3.81. The van der Waals surface area contributed by atoms with Gasteiger partial charge < -0.3 is 5.11 Å². The van der Waals surface area contributed by atoms with E-state index in [4.69, 9.17) is 0 Å². The molecule has 0 fully saturated rings. The molecular weight excluding hydrogens is 263 g/mol. The van der Waals surface area contributed by atoms with Crippen LogP contribution in [0.2, 0.25) is 0 Å². The lowest BCUT2D eigenvalue weighted by Gasteiger charge is -2.27. The van der Waals surface area contributed by atoms with E-state index >= 15 is 0 Å². The average Bonchev–Trinajstić information content (AvgIpc) is 2.45. The van der Waals surface area contributed by atoms with E-state index < -0.39 is 5.60 Å². The number of hydrogen-bond acceptors (Lipinski definition) is 1. The molecule has 0 heterocycles. The van der Waals surface area contributed by atoms with Gasteiger partial charge in [-0.15, -0.1) is 0 Å². The molecule has 1 unspecified atom stereocenters. The van der Waals surface area contributed by atoms with Crippen LogP contribution in [0.5, 0.6) is 0 Å². The van der Waals surface area contributed by atoms with Crippen LogP contribution in [0.4, 0.5) is 4.39 Å². The monoisotopic (exact) mass is 284 g/mol. The molecule has 0 bridgehead atoms. The fraction of sp³-hybridized carbons (Fsp3) is 0.368. The maximum atomic E-state index is 13.6. The van der Waals surface area contributed by atoms with Crippen LogP contribution in [-0.2, 0) is 18.4 Å². The zero-order valence-electron chi connectivity index (χ0n) is 12.6. The Hall–Kier alpha value is -1.67. The summed E-state index contributed by atoms with van der Waals surface area (Å²) < 4.78 is 13.6. The highest BCUT2D eigenvalue weighted by Gasteiger charge is 2.27. The van der Waals surface area contributed by atoms with Gasteiger partial charge >= 0.3 is 0 Å². The topological polar surface area (TPSA) is 20.2 Å². The van der Waals surface area contributed by atoms with Crippen molar-refractivity contribution in [3.63, 3.8) is 0 Å². The molecule has 110 valence electrons. The standard InChI is InChI=1S/C19H21FO/c1-13-9-17(12-18(20)10-13)19(2,21)16-8-7-14-5-3-4-6-15(14)11-16/h7-12,21H,3-6H2,1-2H3. The summed E-state index contributed by atoms with van der Waals surface area (Å²) in [6.45, 7) is 3.58. The zero-order chi connectivity index (χ0) is 15.0. The predicted molar refractivity (Wildman–Crippen MR) is 82.9 cm³/mol. The van der Waals surface area contributed by atoms with Crippen molar-refractivity contribution in [2.75, 3.05) is 0 Å². The molecule has 1 nitrogen and oxygen atoms in total. The van der Waals surface area contributed by atoms with Crippen LogP contribution in [0.15, 0.2) is 36.4 Å². The molecule has 0 aliphatic heterocycles. The summed E-state index contributed by atoms with van der Waals surface area (Å²) >= 11 is 0. The number of benzene rings is 2. The highest BCUT2D eigenvalue weighted by atomic mass is 19.1. The largest absolute Gasteiger partial charge is 0.381 e. The Labute approximate surface area is 125 Å². The van der Waals surface area contributed by atoms with E-state index in [0.717, 1.165) is 24.0 Å². The first-order valence-electron chi connectivity index (χ1n) is 7.59. The minimum absolute atomic E-state index is 0.303. The predicted octanol–water partition coefficient (Wildman–Crippen LogP) is 4.27. The molecule has 1 N–H and O–H groups in total. The lowest BCUT2D eigenvalue weighted by molar-refractivity contribution is 0.102. The number of halogens is 1. The summed E-state index contributed by atoms with van der Waals surface area (Å²) in [4.78, 5) is 0. The maximum Gasteiger partial charge on any atom is 0.123 e. The van der Waals surface area contributed by atoms with Crippen molar-refractivity contribution < 1.29 is 9.50 Å². The fourth-order valence-electron chi connectivity index (χ4n) is 3.22. The van der Waals surface area contributed by atoms with Gasteiger partial charge in [0.25, 0.3) is 0 Å². The van der Waals surface area contributed by atoms with Gasteiger partial charge in [0, 0.05) is 0 Å². The second-order valence-electron chi connectivity index (χ2n) is 6.28. The first-order valence-corrected chi connectivity index (χ1v) is 7.59. The molecule has 21 heavy (non-hydrogen) atoms. The first kappa shape index (κ1) is 14.3. The van der Waals surface area contributed by atoms with Gasteiger partial charge in [0.2, 0.25) is 0 Å². The molecular formula is C19H21FO. The highest BCUT2D eigenvalue weighted by Crippen LogP contribution is 2.33. The minimum atomic E-state index is -1.17. The lowest BCUT2D eigenvalue weighted by Crippen LogP contribution is -2.24. The lowest BCUT2D eigenvalue weighted by atomic mass is 9.83. The summed E-state index contributed by atoms with van der Waals surface area (Å²) in [7, 11) is 0. The molecule has 0 amide bonds. The van der Waals surface area contributed by atoms with Crippen molar-refractivity contribution in [1.29, 1.82) is 0 Å². The maximum absolute atomic E-state index is 13.6. The second-order valence-corrected chi connectivity index (χ2v) is 6.28. The molecule has 1 aliphatic rings. The third-order valence-corrected chi connectivity index (χ3v) is 4.51. The van der Waals surface area contributed by atoms with Crippen LogP contribution in [0.25, 0.3) is 0 Å². The number of fused-ring (bicyclic) bond motifs is 1. The molecule has 0 saturated heterocycles. The quantitative estimate of drug-likeness (QED) is 0.873. The van der Waals surface area contributed by atoms with Gasteiger partial charge in [0.15, 0.2) is 0 Å². The van der Waals surface area contributed by atoms with Crippen LogP contribution in [-0.4, -0.2) is 5.11 Å². The molecule has 0 aromatic heterocycles. The number of aliphatic hydroxyl groups is 1. The van der Waals surface area contributed by atoms with Crippen molar-refractivity contribution in [3.8, 4) is 0 Å². The molecule has 1 aliphatic carbocycles. The zero-order valence-corrected chi connectivity index (χ0v) is 12.6. The smallest absolute Gasteiger partial charge is 0.123 e. The first-order chi connectivity index (χ1) is 9.96. The molecule has 2 aromatic carbocycles. The second kappa shape index (κ2) is 5.27. The van der Waals surface area contributed by atoms with Crippen molar-refractivity contribution in [1.82, 2.24) is 0 Å². The Morgan fingerprint density at radius 3 is 2.38 bits per heavy atom. The number of hydrogen-bond donors (Lipinski definition) is 1. The molecule has 0 saturated carbocycles. The summed E-state index contributed by atoms with van der Waals surface area (Å²) in [6, 6.07) is 10.9. The van der Waals surface area contributed by atoms with Gasteiger partial charge in [0.05, 0.1) is 0 Å².